The van der Waals surface area contributed by atoms with E-state index in [1.807, 2.05) is 48.5 Å². The van der Waals surface area contributed by atoms with E-state index in [1.165, 1.54) is 11.6 Å². The van der Waals surface area contributed by atoms with E-state index in [-0.39, 0.29) is 5.56 Å². The number of nitrogens with one attached hydrogen (secondary N) is 2. The Morgan fingerprint density at radius 2 is 1.58 bits per heavy atom. The average molecular weight is 351 g/mol. The fourth-order valence-electron chi connectivity index (χ4n) is 2.57. The lowest BCUT2D eigenvalue weighted by atomic mass is 10.1. The van der Waals surface area contributed by atoms with Crippen LogP contribution in [0, 0.1) is 0 Å². The van der Waals surface area contributed by atoms with Crippen LogP contribution >= 0.6 is 0 Å². The van der Waals surface area contributed by atoms with Gasteiger partial charge in [-0.15, -0.1) is 0 Å². The first-order valence-corrected chi connectivity index (χ1v) is 8.30. The Morgan fingerprint density at radius 1 is 0.962 bits per heavy atom. The van der Waals surface area contributed by atoms with Crippen LogP contribution in [0.1, 0.15) is 5.56 Å². The molecule has 6 nitrogen and oxygen atoms in total. The van der Waals surface area contributed by atoms with Crippen LogP contribution in [0.3, 0.4) is 0 Å². The highest BCUT2D eigenvalue weighted by Crippen LogP contribution is 2.20. The number of anilines is 1. The number of rotatable bonds is 7. The molecule has 6 heteroatoms. The number of H-pyrrole nitrogens is 1. The van der Waals surface area contributed by atoms with Gasteiger partial charge in [-0.3, -0.25) is 9.78 Å². The monoisotopic (exact) mass is 351 g/mol. The van der Waals surface area contributed by atoms with Crippen LogP contribution in [-0.2, 0) is 6.42 Å². The lowest BCUT2D eigenvalue weighted by molar-refractivity contribution is 0.414. The van der Waals surface area contributed by atoms with Gasteiger partial charge in [0.15, 0.2) is 0 Å². The molecule has 2 aromatic carbocycles. The molecule has 3 aromatic rings. The number of methoxy groups -OCH3 is 2. The maximum absolute atomic E-state index is 11.9. The van der Waals surface area contributed by atoms with Gasteiger partial charge in [0.2, 0.25) is 5.95 Å². The van der Waals surface area contributed by atoms with Crippen molar-refractivity contribution in [1.29, 1.82) is 0 Å². The van der Waals surface area contributed by atoms with E-state index < -0.39 is 0 Å². The molecular weight excluding hydrogens is 330 g/mol. The van der Waals surface area contributed by atoms with Gasteiger partial charge in [-0.25, -0.2) is 4.98 Å². The van der Waals surface area contributed by atoms with Crippen molar-refractivity contribution in [2.45, 2.75) is 6.42 Å². The highest BCUT2D eigenvalue weighted by molar-refractivity contribution is 5.60. The highest BCUT2D eigenvalue weighted by Gasteiger charge is 2.05. The lowest BCUT2D eigenvalue weighted by Crippen LogP contribution is -2.14. The third-order valence-electron chi connectivity index (χ3n) is 3.99. The molecule has 134 valence electrons. The second-order valence-corrected chi connectivity index (χ2v) is 5.73. The average Bonchev–Trinajstić information content (AvgIpc) is 2.68. The number of hydrogen-bond donors (Lipinski definition) is 2. The quantitative estimate of drug-likeness (QED) is 0.684. The summed E-state index contributed by atoms with van der Waals surface area (Å²) in [5, 5.41) is 3.17. The number of nitrogens with zero attached hydrogens (tertiary/aromatic N) is 1. The molecule has 0 amide bonds. The molecule has 0 spiro atoms. The first kappa shape index (κ1) is 17.5. The van der Waals surface area contributed by atoms with E-state index in [4.69, 9.17) is 9.47 Å². The number of hydrogen-bond acceptors (Lipinski definition) is 5. The molecule has 1 aromatic heterocycles. The standard InChI is InChI=1S/C20H21N3O3/c1-25-16-7-3-14(4-8-16)11-12-21-20-22-18(13-19(24)23-20)15-5-9-17(26-2)10-6-15/h3-10,13H,11-12H2,1-2H3,(H2,21,22,23,24). The van der Waals surface area contributed by atoms with Crippen LogP contribution in [0.5, 0.6) is 11.5 Å². The minimum atomic E-state index is -0.197. The largest absolute Gasteiger partial charge is 0.497 e. The van der Waals surface area contributed by atoms with Crippen molar-refractivity contribution >= 4 is 5.95 Å². The summed E-state index contributed by atoms with van der Waals surface area (Å²) in [6.45, 7) is 0.654. The summed E-state index contributed by atoms with van der Waals surface area (Å²) in [6.07, 6.45) is 0.806. The Morgan fingerprint density at radius 3 is 2.19 bits per heavy atom. The summed E-state index contributed by atoms with van der Waals surface area (Å²) in [5.41, 5.74) is 2.45. The van der Waals surface area contributed by atoms with Gasteiger partial charge < -0.3 is 14.8 Å². The summed E-state index contributed by atoms with van der Waals surface area (Å²) in [7, 11) is 3.26. The Bertz CT molecular complexity index is 903. The van der Waals surface area contributed by atoms with Gasteiger partial charge in [0.1, 0.15) is 11.5 Å². The molecule has 3 rings (SSSR count). The van der Waals surface area contributed by atoms with Gasteiger partial charge in [-0.1, -0.05) is 12.1 Å². The zero-order valence-corrected chi connectivity index (χ0v) is 14.8. The molecule has 0 bridgehead atoms. The van der Waals surface area contributed by atoms with E-state index >= 15 is 0 Å². The van der Waals surface area contributed by atoms with E-state index in [1.54, 1.807) is 14.2 Å². The van der Waals surface area contributed by atoms with Gasteiger partial charge in [0.05, 0.1) is 19.9 Å². The van der Waals surface area contributed by atoms with E-state index in [0.717, 1.165) is 23.5 Å². The van der Waals surface area contributed by atoms with Crippen LogP contribution in [-0.4, -0.2) is 30.7 Å². The van der Waals surface area contributed by atoms with Crippen LogP contribution < -0.4 is 20.3 Å². The van der Waals surface area contributed by atoms with Crippen LogP contribution in [0.4, 0.5) is 5.95 Å². The SMILES string of the molecule is COc1ccc(CCNc2nc(-c3ccc(OC)cc3)cc(=O)[nH]2)cc1. The smallest absolute Gasteiger partial charge is 0.252 e. The lowest BCUT2D eigenvalue weighted by Gasteiger charge is -2.08. The zero-order valence-electron chi connectivity index (χ0n) is 14.8. The predicted octanol–water partition coefficient (Wildman–Crippen LogP) is 3.11. The first-order chi connectivity index (χ1) is 12.7. The molecular formula is C20H21N3O3. The predicted molar refractivity (Wildman–Crippen MR) is 102 cm³/mol. The first-order valence-electron chi connectivity index (χ1n) is 8.30. The fourth-order valence-corrected chi connectivity index (χ4v) is 2.57. The minimum absolute atomic E-state index is 0.197. The summed E-state index contributed by atoms with van der Waals surface area (Å²) in [4.78, 5) is 19.1. The highest BCUT2D eigenvalue weighted by atomic mass is 16.5. The molecule has 0 aliphatic carbocycles. The molecule has 0 aliphatic heterocycles. The number of aromatic nitrogens is 2. The molecule has 0 aliphatic rings. The van der Waals surface area contributed by atoms with Gasteiger partial charge >= 0.3 is 0 Å². The van der Waals surface area contributed by atoms with Gasteiger partial charge in [-0.05, 0) is 48.4 Å². The summed E-state index contributed by atoms with van der Waals surface area (Å²) in [5.74, 6) is 2.05. The van der Waals surface area contributed by atoms with Gasteiger partial charge in [0, 0.05) is 18.2 Å². The van der Waals surface area contributed by atoms with Gasteiger partial charge in [-0.2, -0.15) is 0 Å². The van der Waals surface area contributed by atoms with Crippen molar-refractivity contribution in [1.82, 2.24) is 9.97 Å². The van der Waals surface area contributed by atoms with Gasteiger partial charge in [0.25, 0.3) is 5.56 Å². The van der Waals surface area contributed by atoms with E-state index in [0.29, 0.717) is 18.2 Å². The number of aromatic amines is 1. The number of benzene rings is 2. The van der Waals surface area contributed by atoms with Crippen molar-refractivity contribution < 1.29 is 9.47 Å². The maximum atomic E-state index is 11.9. The Hall–Kier alpha value is -3.28. The normalized spacial score (nSPS) is 10.4. The van der Waals surface area contributed by atoms with Crippen LogP contribution in [0.2, 0.25) is 0 Å². The minimum Gasteiger partial charge on any atom is -0.497 e. The Kier molecular flexibility index (Phi) is 5.53. The third kappa shape index (κ3) is 4.42. The molecule has 0 atom stereocenters. The number of ether oxygens (including phenoxy) is 2. The topological polar surface area (TPSA) is 76.2 Å². The Labute approximate surface area is 151 Å². The second kappa shape index (κ2) is 8.20. The fraction of sp³-hybridized carbons (Fsp3) is 0.200. The van der Waals surface area contributed by atoms with E-state index in [9.17, 15) is 4.79 Å². The Balaban J connectivity index is 1.67. The van der Waals surface area contributed by atoms with Crippen molar-refractivity contribution in [3.05, 3.63) is 70.5 Å². The molecule has 0 fully saturated rings. The second-order valence-electron chi connectivity index (χ2n) is 5.73. The molecule has 0 saturated carbocycles. The maximum Gasteiger partial charge on any atom is 0.252 e. The molecule has 0 radical (unpaired) electrons. The molecule has 0 unspecified atom stereocenters. The summed E-state index contributed by atoms with van der Waals surface area (Å²) < 4.78 is 10.3. The van der Waals surface area contributed by atoms with Crippen molar-refractivity contribution in [3.63, 3.8) is 0 Å². The van der Waals surface area contributed by atoms with E-state index in [2.05, 4.69) is 15.3 Å². The van der Waals surface area contributed by atoms with Crippen molar-refractivity contribution in [2.24, 2.45) is 0 Å². The van der Waals surface area contributed by atoms with Crippen molar-refractivity contribution in [2.75, 3.05) is 26.1 Å². The summed E-state index contributed by atoms with van der Waals surface area (Å²) >= 11 is 0. The zero-order chi connectivity index (χ0) is 18.4. The third-order valence-corrected chi connectivity index (χ3v) is 3.99. The van der Waals surface area contributed by atoms with Crippen LogP contribution in [0.25, 0.3) is 11.3 Å². The molecule has 1 heterocycles. The molecule has 0 saturated heterocycles. The van der Waals surface area contributed by atoms with Crippen LogP contribution in [0.15, 0.2) is 59.4 Å². The molecule has 2 N–H and O–H groups in total. The van der Waals surface area contributed by atoms with Crippen molar-refractivity contribution in [3.8, 4) is 22.8 Å². The molecule has 26 heavy (non-hydrogen) atoms. The summed E-state index contributed by atoms with van der Waals surface area (Å²) in [6, 6.07) is 16.8.